The third kappa shape index (κ3) is 4.77. The van der Waals surface area contributed by atoms with Crippen molar-refractivity contribution in [2.75, 3.05) is 11.9 Å². The second kappa shape index (κ2) is 8.25. The number of nitrogens with zero attached hydrogens (tertiary/aromatic N) is 2. The molecule has 0 saturated carbocycles. The Morgan fingerprint density at radius 3 is 2.80 bits per heavy atom. The highest BCUT2D eigenvalue weighted by molar-refractivity contribution is 7.14. The Bertz CT molecular complexity index is 819. The molecule has 0 aliphatic heterocycles. The molecule has 0 radical (unpaired) electrons. The Labute approximate surface area is 149 Å². The van der Waals surface area contributed by atoms with Crippen LogP contribution in [0.4, 0.5) is 10.8 Å². The number of aromatic nitrogens is 2. The predicted molar refractivity (Wildman–Crippen MR) is 98.4 cm³/mol. The molecular formula is C18H18N4O2S. The van der Waals surface area contributed by atoms with Gasteiger partial charge in [-0.15, -0.1) is 11.3 Å². The molecular weight excluding hydrogens is 336 g/mol. The maximum Gasteiger partial charge on any atom is 0.271 e. The average molecular weight is 354 g/mol. The Morgan fingerprint density at radius 1 is 1.24 bits per heavy atom. The number of carbonyl (C=O) groups excluding carboxylic acids is 1. The zero-order valence-corrected chi connectivity index (χ0v) is 14.5. The molecule has 0 unspecified atom stereocenters. The molecule has 6 nitrogen and oxygen atoms in total. The van der Waals surface area contributed by atoms with Crippen LogP contribution in [0.15, 0.2) is 54.2 Å². The first-order valence-corrected chi connectivity index (χ1v) is 8.75. The molecule has 0 spiro atoms. The summed E-state index contributed by atoms with van der Waals surface area (Å²) < 4.78 is 5.41. The fourth-order valence-electron chi connectivity index (χ4n) is 2.14. The van der Waals surface area contributed by atoms with E-state index in [0.29, 0.717) is 24.0 Å². The monoisotopic (exact) mass is 354 g/mol. The van der Waals surface area contributed by atoms with Gasteiger partial charge in [0, 0.05) is 30.0 Å². The largest absolute Gasteiger partial charge is 0.494 e. The lowest BCUT2D eigenvalue weighted by Gasteiger charge is -2.05. The van der Waals surface area contributed by atoms with Gasteiger partial charge in [0.15, 0.2) is 5.13 Å². The van der Waals surface area contributed by atoms with Gasteiger partial charge in [-0.25, -0.2) is 4.98 Å². The van der Waals surface area contributed by atoms with E-state index in [0.717, 1.165) is 17.0 Å². The number of nitrogens with one attached hydrogen (secondary N) is 2. The highest BCUT2D eigenvalue weighted by Gasteiger charge is 2.10. The summed E-state index contributed by atoms with van der Waals surface area (Å²) >= 11 is 1.38. The Morgan fingerprint density at radius 2 is 2.08 bits per heavy atom. The van der Waals surface area contributed by atoms with Gasteiger partial charge in [-0.3, -0.25) is 9.78 Å². The van der Waals surface area contributed by atoms with Crippen molar-refractivity contribution in [2.24, 2.45) is 0 Å². The number of hydrogen-bond acceptors (Lipinski definition) is 6. The van der Waals surface area contributed by atoms with Crippen molar-refractivity contribution in [3.8, 4) is 5.75 Å². The SMILES string of the molecule is CCOc1ccc(Nc2nc(C(=O)NCc3cccnc3)cs2)cc1. The maximum atomic E-state index is 12.2. The third-order valence-electron chi connectivity index (χ3n) is 3.33. The normalized spacial score (nSPS) is 10.3. The average Bonchev–Trinajstić information content (AvgIpc) is 3.11. The number of anilines is 2. The van der Waals surface area contributed by atoms with Crippen molar-refractivity contribution >= 4 is 28.1 Å². The Balaban J connectivity index is 1.57. The molecule has 1 amide bonds. The van der Waals surface area contributed by atoms with Gasteiger partial charge in [0.1, 0.15) is 11.4 Å². The number of pyridine rings is 1. The minimum atomic E-state index is -0.208. The van der Waals surface area contributed by atoms with Crippen LogP contribution in [0.25, 0.3) is 0 Å². The molecule has 3 rings (SSSR count). The number of benzene rings is 1. The van der Waals surface area contributed by atoms with Gasteiger partial charge in [0.05, 0.1) is 6.61 Å². The van der Waals surface area contributed by atoms with E-state index >= 15 is 0 Å². The molecule has 7 heteroatoms. The molecule has 0 fully saturated rings. The quantitative estimate of drug-likeness (QED) is 0.678. The van der Waals surface area contributed by atoms with Crippen LogP contribution in [0.5, 0.6) is 5.75 Å². The summed E-state index contributed by atoms with van der Waals surface area (Å²) in [5.74, 6) is 0.613. The lowest BCUT2D eigenvalue weighted by Crippen LogP contribution is -2.23. The Hall–Kier alpha value is -2.93. The van der Waals surface area contributed by atoms with Crippen molar-refractivity contribution in [2.45, 2.75) is 13.5 Å². The number of ether oxygens (including phenoxy) is 1. The molecule has 0 aliphatic carbocycles. The van der Waals surface area contributed by atoms with Crippen LogP contribution in [0.1, 0.15) is 23.0 Å². The first-order chi connectivity index (χ1) is 12.2. The highest BCUT2D eigenvalue weighted by Crippen LogP contribution is 2.23. The summed E-state index contributed by atoms with van der Waals surface area (Å²) in [7, 11) is 0. The number of hydrogen-bond donors (Lipinski definition) is 2. The van der Waals surface area contributed by atoms with Crippen molar-refractivity contribution in [3.63, 3.8) is 0 Å². The fraction of sp³-hybridized carbons (Fsp3) is 0.167. The molecule has 0 saturated heterocycles. The van der Waals surface area contributed by atoms with Crippen molar-refractivity contribution in [1.29, 1.82) is 0 Å². The Kier molecular flexibility index (Phi) is 5.58. The van der Waals surface area contributed by atoms with Crippen LogP contribution in [0.2, 0.25) is 0 Å². The second-order valence-corrected chi connectivity index (χ2v) is 6.02. The van der Waals surface area contributed by atoms with Crippen LogP contribution in [0.3, 0.4) is 0 Å². The first-order valence-electron chi connectivity index (χ1n) is 7.87. The van der Waals surface area contributed by atoms with Gasteiger partial charge >= 0.3 is 0 Å². The molecule has 0 aliphatic rings. The number of thiazole rings is 1. The lowest BCUT2D eigenvalue weighted by molar-refractivity contribution is 0.0946. The fourth-order valence-corrected chi connectivity index (χ4v) is 2.85. The summed E-state index contributed by atoms with van der Waals surface area (Å²) in [6.07, 6.45) is 3.42. The lowest BCUT2D eigenvalue weighted by atomic mass is 10.3. The number of carbonyl (C=O) groups is 1. The zero-order valence-electron chi connectivity index (χ0n) is 13.7. The van der Waals surface area contributed by atoms with E-state index in [9.17, 15) is 4.79 Å². The summed E-state index contributed by atoms with van der Waals surface area (Å²) in [6.45, 7) is 3.01. The predicted octanol–water partition coefficient (Wildman–Crippen LogP) is 3.61. The van der Waals surface area contributed by atoms with Crippen LogP contribution in [-0.2, 0) is 6.54 Å². The topological polar surface area (TPSA) is 76.1 Å². The van der Waals surface area contributed by atoms with Gasteiger partial charge in [-0.05, 0) is 42.8 Å². The van der Waals surface area contributed by atoms with Crippen molar-refractivity contribution < 1.29 is 9.53 Å². The van der Waals surface area contributed by atoms with Crippen LogP contribution in [-0.4, -0.2) is 22.5 Å². The van der Waals surface area contributed by atoms with E-state index in [4.69, 9.17) is 4.74 Å². The molecule has 3 aromatic rings. The van der Waals surface area contributed by atoms with E-state index in [-0.39, 0.29) is 5.91 Å². The van der Waals surface area contributed by atoms with Crippen LogP contribution < -0.4 is 15.4 Å². The molecule has 1 aromatic carbocycles. The first kappa shape index (κ1) is 16.9. The van der Waals surface area contributed by atoms with Gasteiger partial charge in [-0.1, -0.05) is 6.07 Å². The number of rotatable bonds is 7. The minimum Gasteiger partial charge on any atom is -0.494 e. The standard InChI is InChI=1S/C18H18N4O2S/c1-2-24-15-7-5-14(6-8-15)21-18-22-16(12-25-18)17(23)20-11-13-4-3-9-19-10-13/h3-10,12H,2,11H2,1H3,(H,20,23)(H,21,22). The number of amides is 1. The van der Waals surface area contributed by atoms with Gasteiger partial charge in [0.25, 0.3) is 5.91 Å². The summed E-state index contributed by atoms with van der Waals surface area (Å²) in [5.41, 5.74) is 2.22. The van der Waals surface area contributed by atoms with Crippen molar-refractivity contribution in [1.82, 2.24) is 15.3 Å². The van der Waals surface area contributed by atoms with Gasteiger partial charge in [0.2, 0.25) is 0 Å². The molecule has 0 bridgehead atoms. The summed E-state index contributed by atoms with van der Waals surface area (Å²) in [4.78, 5) is 20.5. The molecule has 2 heterocycles. The van der Waals surface area contributed by atoms with E-state index in [1.54, 1.807) is 17.8 Å². The van der Waals surface area contributed by atoms with E-state index in [1.807, 2.05) is 43.3 Å². The van der Waals surface area contributed by atoms with Crippen LogP contribution >= 0.6 is 11.3 Å². The van der Waals surface area contributed by atoms with Crippen molar-refractivity contribution in [3.05, 3.63) is 65.4 Å². The van der Waals surface area contributed by atoms with E-state index in [1.165, 1.54) is 11.3 Å². The minimum absolute atomic E-state index is 0.208. The zero-order chi connectivity index (χ0) is 17.5. The maximum absolute atomic E-state index is 12.2. The van der Waals surface area contributed by atoms with E-state index in [2.05, 4.69) is 20.6 Å². The van der Waals surface area contributed by atoms with Gasteiger partial charge < -0.3 is 15.4 Å². The van der Waals surface area contributed by atoms with E-state index < -0.39 is 0 Å². The van der Waals surface area contributed by atoms with Gasteiger partial charge in [-0.2, -0.15) is 0 Å². The molecule has 2 N–H and O–H groups in total. The highest BCUT2D eigenvalue weighted by atomic mass is 32.1. The molecule has 25 heavy (non-hydrogen) atoms. The van der Waals surface area contributed by atoms with Crippen LogP contribution in [0, 0.1) is 0 Å². The molecule has 0 atom stereocenters. The summed E-state index contributed by atoms with van der Waals surface area (Å²) in [6, 6.07) is 11.3. The summed E-state index contributed by atoms with van der Waals surface area (Å²) in [5, 5.41) is 8.41. The third-order valence-corrected chi connectivity index (χ3v) is 4.09. The smallest absolute Gasteiger partial charge is 0.271 e. The molecule has 128 valence electrons. The molecule has 2 aromatic heterocycles. The second-order valence-electron chi connectivity index (χ2n) is 5.16.